The molecular weight excluding hydrogens is 302 g/mol. The third-order valence-electron chi connectivity index (χ3n) is 3.18. The molecule has 0 unspecified atom stereocenters. The Balaban J connectivity index is 1.49. The van der Waals surface area contributed by atoms with Gasteiger partial charge in [-0.2, -0.15) is 0 Å². The van der Waals surface area contributed by atoms with Crippen LogP contribution in [-0.4, -0.2) is 13.2 Å². The van der Waals surface area contributed by atoms with Crippen LogP contribution in [0.1, 0.15) is 4.88 Å². The third kappa shape index (κ3) is 3.56. The van der Waals surface area contributed by atoms with Crippen LogP contribution in [0, 0.1) is 0 Å². The lowest BCUT2D eigenvalue weighted by atomic mass is 10.2. The summed E-state index contributed by atoms with van der Waals surface area (Å²) in [6.07, 6.45) is 0. The van der Waals surface area contributed by atoms with Gasteiger partial charge in [-0.1, -0.05) is 48.0 Å². The molecule has 0 aliphatic rings. The summed E-state index contributed by atoms with van der Waals surface area (Å²) in [4.78, 5) is 1.18. The predicted molar refractivity (Wildman–Crippen MR) is 90.5 cm³/mol. The molecule has 0 radical (unpaired) electrons. The largest absolute Gasteiger partial charge is 0.492 e. The third-order valence-corrected chi connectivity index (χ3v) is 4.89. The van der Waals surface area contributed by atoms with Crippen LogP contribution in [0.4, 0.5) is 0 Å². The van der Waals surface area contributed by atoms with Crippen LogP contribution in [0.2, 0.25) is 5.02 Å². The number of fused-ring (bicyclic) bond motifs is 1. The zero-order valence-electron chi connectivity index (χ0n) is 11.5. The van der Waals surface area contributed by atoms with Crippen molar-refractivity contribution in [1.82, 2.24) is 5.32 Å². The van der Waals surface area contributed by atoms with Crippen LogP contribution in [0.25, 0.3) is 10.1 Å². The van der Waals surface area contributed by atoms with Crippen molar-refractivity contribution in [1.29, 1.82) is 0 Å². The first-order valence-corrected chi connectivity index (χ1v) is 8.08. The van der Waals surface area contributed by atoms with E-state index in [4.69, 9.17) is 16.3 Å². The van der Waals surface area contributed by atoms with E-state index in [2.05, 4.69) is 17.4 Å². The van der Waals surface area contributed by atoms with Crippen molar-refractivity contribution in [3.63, 3.8) is 0 Å². The monoisotopic (exact) mass is 317 g/mol. The van der Waals surface area contributed by atoms with Gasteiger partial charge in [0.15, 0.2) is 0 Å². The topological polar surface area (TPSA) is 21.3 Å². The molecule has 4 heteroatoms. The molecule has 0 fully saturated rings. The molecule has 0 aliphatic carbocycles. The number of hydrogen-bond donors (Lipinski definition) is 1. The fourth-order valence-corrected chi connectivity index (χ4v) is 3.61. The van der Waals surface area contributed by atoms with E-state index < -0.39 is 0 Å². The number of rotatable bonds is 6. The van der Waals surface area contributed by atoms with Gasteiger partial charge in [0.25, 0.3) is 0 Å². The molecule has 3 aromatic rings. The lowest BCUT2D eigenvalue weighted by molar-refractivity contribution is 0.314. The van der Waals surface area contributed by atoms with E-state index in [1.54, 1.807) is 11.3 Å². The van der Waals surface area contributed by atoms with Gasteiger partial charge in [-0.05, 0) is 18.2 Å². The normalized spacial score (nSPS) is 10.9. The molecule has 108 valence electrons. The Kier molecular flexibility index (Phi) is 4.76. The van der Waals surface area contributed by atoms with Gasteiger partial charge < -0.3 is 10.1 Å². The second kappa shape index (κ2) is 6.94. The molecule has 2 aromatic carbocycles. The molecule has 0 spiro atoms. The Morgan fingerprint density at radius 3 is 2.57 bits per heavy atom. The van der Waals surface area contributed by atoms with Gasteiger partial charge in [0.05, 0.1) is 5.02 Å². The van der Waals surface area contributed by atoms with Gasteiger partial charge in [-0.3, -0.25) is 0 Å². The summed E-state index contributed by atoms with van der Waals surface area (Å²) in [6.45, 7) is 2.21. The van der Waals surface area contributed by atoms with Crippen molar-refractivity contribution in [2.45, 2.75) is 6.54 Å². The molecule has 3 rings (SSSR count). The molecule has 0 aliphatic heterocycles. The van der Waals surface area contributed by atoms with Crippen LogP contribution in [-0.2, 0) is 6.54 Å². The van der Waals surface area contributed by atoms with Crippen LogP contribution in [0.3, 0.4) is 0 Å². The van der Waals surface area contributed by atoms with Crippen molar-refractivity contribution in [3.8, 4) is 5.75 Å². The first kappa shape index (κ1) is 14.4. The number of ether oxygens (including phenoxy) is 1. The molecule has 0 saturated carbocycles. The minimum atomic E-state index is 0.645. The first-order valence-electron chi connectivity index (χ1n) is 6.89. The van der Waals surface area contributed by atoms with E-state index in [9.17, 15) is 0 Å². The smallest absolute Gasteiger partial charge is 0.119 e. The molecular formula is C17H16ClNOS. The molecule has 1 heterocycles. The van der Waals surface area contributed by atoms with Gasteiger partial charge in [0.1, 0.15) is 12.4 Å². The van der Waals surface area contributed by atoms with Crippen molar-refractivity contribution < 1.29 is 4.74 Å². The number of halogens is 1. The quantitative estimate of drug-likeness (QED) is 0.664. The molecule has 0 atom stereocenters. The summed E-state index contributed by atoms with van der Waals surface area (Å²) in [6, 6.07) is 18.1. The number of thiophene rings is 1. The molecule has 2 nitrogen and oxygen atoms in total. The molecule has 0 amide bonds. The summed E-state index contributed by atoms with van der Waals surface area (Å²) in [5.41, 5.74) is 0. The van der Waals surface area contributed by atoms with Crippen molar-refractivity contribution in [3.05, 3.63) is 64.5 Å². The van der Waals surface area contributed by atoms with E-state index >= 15 is 0 Å². The highest BCUT2D eigenvalue weighted by molar-refractivity contribution is 7.19. The van der Waals surface area contributed by atoms with Crippen molar-refractivity contribution in [2.75, 3.05) is 13.2 Å². The Labute approximate surface area is 133 Å². The van der Waals surface area contributed by atoms with Gasteiger partial charge in [-0.15, -0.1) is 11.3 Å². The SMILES string of the molecule is Clc1c(CNCCOc2ccccc2)sc2ccccc12. The summed E-state index contributed by atoms with van der Waals surface area (Å²) < 4.78 is 6.88. The molecule has 21 heavy (non-hydrogen) atoms. The summed E-state index contributed by atoms with van der Waals surface area (Å²) in [7, 11) is 0. The Hall–Kier alpha value is -1.55. The zero-order valence-corrected chi connectivity index (χ0v) is 13.1. The van der Waals surface area contributed by atoms with Crippen molar-refractivity contribution in [2.24, 2.45) is 0 Å². The van der Waals surface area contributed by atoms with E-state index in [-0.39, 0.29) is 0 Å². The predicted octanol–water partition coefficient (Wildman–Crippen LogP) is 4.72. The Bertz CT molecular complexity index is 711. The van der Waals surface area contributed by atoms with Gasteiger partial charge in [0, 0.05) is 28.1 Å². The summed E-state index contributed by atoms with van der Waals surface area (Å²) in [5, 5.41) is 5.38. The number of benzene rings is 2. The number of para-hydroxylation sites is 1. The van der Waals surface area contributed by atoms with E-state index in [1.807, 2.05) is 42.5 Å². The maximum Gasteiger partial charge on any atom is 0.119 e. The average molecular weight is 318 g/mol. The molecule has 1 aromatic heterocycles. The zero-order chi connectivity index (χ0) is 14.5. The van der Waals surface area contributed by atoms with Crippen LogP contribution in [0.15, 0.2) is 54.6 Å². The fourth-order valence-electron chi connectivity index (χ4n) is 2.14. The highest BCUT2D eigenvalue weighted by atomic mass is 35.5. The van der Waals surface area contributed by atoms with E-state index in [0.717, 1.165) is 29.2 Å². The lowest BCUT2D eigenvalue weighted by Gasteiger charge is -2.06. The minimum Gasteiger partial charge on any atom is -0.492 e. The number of hydrogen-bond acceptors (Lipinski definition) is 3. The fraction of sp³-hybridized carbons (Fsp3) is 0.176. The first-order chi connectivity index (χ1) is 10.3. The van der Waals surface area contributed by atoms with Gasteiger partial charge >= 0.3 is 0 Å². The van der Waals surface area contributed by atoms with Gasteiger partial charge in [0.2, 0.25) is 0 Å². The Morgan fingerprint density at radius 1 is 1.00 bits per heavy atom. The average Bonchev–Trinajstić information content (AvgIpc) is 2.85. The molecule has 1 N–H and O–H groups in total. The number of nitrogens with one attached hydrogen (secondary N) is 1. The van der Waals surface area contributed by atoms with Gasteiger partial charge in [-0.25, -0.2) is 0 Å². The summed E-state index contributed by atoms with van der Waals surface area (Å²) >= 11 is 8.15. The second-order valence-electron chi connectivity index (χ2n) is 4.67. The maximum absolute atomic E-state index is 6.41. The minimum absolute atomic E-state index is 0.645. The standard InChI is InChI=1S/C17H16ClNOS/c18-17-14-8-4-5-9-15(14)21-16(17)12-19-10-11-20-13-6-2-1-3-7-13/h1-9,19H,10-12H2. The van der Waals surface area contributed by atoms with Crippen molar-refractivity contribution >= 4 is 33.0 Å². The Morgan fingerprint density at radius 2 is 1.76 bits per heavy atom. The summed E-state index contributed by atoms with van der Waals surface area (Å²) in [5.74, 6) is 0.902. The molecule has 0 bridgehead atoms. The van der Waals surface area contributed by atoms with Crippen LogP contribution in [0.5, 0.6) is 5.75 Å². The highest BCUT2D eigenvalue weighted by Gasteiger charge is 2.08. The van der Waals surface area contributed by atoms with E-state index in [1.165, 1.54) is 9.58 Å². The van der Waals surface area contributed by atoms with Crippen LogP contribution < -0.4 is 10.1 Å². The van der Waals surface area contributed by atoms with Crippen LogP contribution >= 0.6 is 22.9 Å². The molecule has 0 saturated heterocycles. The van der Waals surface area contributed by atoms with E-state index in [0.29, 0.717) is 6.61 Å². The lowest BCUT2D eigenvalue weighted by Crippen LogP contribution is -2.20. The highest BCUT2D eigenvalue weighted by Crippen LogP contribution is 2.34. The second-order valence-corrected chi connectivity index (χ2v) is 6.19. The maximum atomic E-state index is 6.41.